The number of nitrogens with one attached hydrogen (secondary N) is 1. The van der Waals surface area contributed by atoms with Gasteiger partial charge in [0.05, 0.1) is 0 Å². The largest absolute Gasteiger partial charge is 0.481 e. The smallest absolute Gasteiger partial charge is 0.303 e. The molecule has 2 rings (SSSR count). The topological polar surface area (TPSA) is 69.6 Å². The fraction of sp³-hybridized carbons (Fsp3) is 0.857. The molecule has 2 aliphatic rings. The molecule has 2 unspecified atom stereocenters. The molecule has 0 aromatic rings. The van der Waals surface area contributed by atoms with Crippen molar-refractivity contribution in [3.05, 3.63) is 0 Å². The van der Waals surface area contributed by atoms with Crippen LogP contribution in [-0.2, 0) is 9.59 Å². The van der Waals surface area contributed by atoms with Gasteiger partial charge in [0.15, 0.2) is 0 Å². The van der Waals surface area contributed by atoms with Crippen molar-refractivity contribution in [3.8, 4) is 0 Å². The predicted octanol–water partition coefficient (Wildman–Crippen LogP) is 1.23. The monoisotopic (exact) mass is 268 g/mol. The first-order valence-electron chi connectivity index (χ1n) is 7.34. The highest BCUT2D eigenvalue weighted by molar-refractivity contribution is 5.76. The third kappa shape index (κ3) is 3.69. The van der Waals surface area contributed by atoms with E-state index in [0.717, 1.165) is 32.2 Å². The van der Waals surface area contributed by atoms with Crippen LogP contribution in [0.5, 0.6) is 0 Å². The minimum atomic E-state index is -0.680. The van der Waals surface area contributed by atoms with E-state index in [2.05, 4.69) is 10.2 Å². The molecule has 0 saturated carbocycles. The van der Waals surface area contributed by atoms with Crippen LogP contribution < -0.4 is 5.32 Å². The Bertz CT molecular complexity index is 332. The standard InChI is InChI=1S/C14H24N2O3/c1-2-15-13(17)5-6-16-11-3-4-12(16)8-10(7-11)9-14(18)19/h10-12H,2-9H2,1H3,(H,15,17)(H,18,19). The van der Waals surface area contributed by atoms with Gasteiger partial charge in [-0.25, -0.2) is 0 Å². The summed E-state index contributed by atoms with van der Waals surface area (Å²) >= 11 is 0. The molecule has 2 atom stereocenters. The van der Waals surface area contributed by atoms with Crippen molar-refractivity contribution in [2.24, 2.45) is 5.92 Å². The van der Waals surface area contributed by atoms with Crippen LogP contribution >= 0.6 is 0 Å². The Kier molecular flexibility index (Phi) is 4.80. The molecule has 5 heteroatoms. The first-order valence-corrected chi connectivity index (χ1v) is 7.34. The van der Waals surface area contributed by atoms with Gasteiger partial charge in [0.1, 0.15) is 0 Å². The second kappa shape index (κ2) is 6.37. The molecule has 0 aliphatic carbocycles. The normalized spacial score (nSPS) is 30.3. The first-order chi connectivity index (χ1) is 9.10. The van der Waals surface area contributed by atoms with Crippen LogP contribution in [0, 0.1) is 5.92 Å². The third-order valence-electron chi connectivity index (χ3n) is 4.42. The number of carboxylic acids is 1. The molecular weight excluding hydrogens is 244 g/mol. The first kappa shape index (κ1) is 14.3. The molecule has 2 saturated heterocycles. The molecule has 108 valence electrons. The second-order valence-corrected chi connectivity index (χ2v) is 5.76. The van der Waals surface area contributed by atoms with Gasteiger partial charge in [-0.1, -0.05) is 0 Å². The summed E-state index contributed by atoms with van der Waals surface area (Å²) in [6.07, 6.45) is 5.16. The molecule has 2 N–H and O–H groups in total. The maximum Gasteiger partial charge on any atom is 0.303 e. The summed E-state index contributed by atoms with van der Waals surface area (Å²) in [5.74, 6) is -0.231. The lowest BCUT2D eigenvalue weighted by atomic mass is 9.88. The molecule has 2 bridgehead atoms. The molecular formula is C14H24N2O3. The quantitative estimate of drug-likeness (QED) is 0.760. The van der Waals surface area contributed by atoms with Crippen LogP contribution in [0.15, 0.2) is 0 Å². The Morgan fingerprint density at radius 1 is 1.26 bits per heavy atom. The van der Waals surface area contributed by atoms with E-state index in [9.17, 15) is 9.59 Å². The summed E-state index contributed by atoms with van der Waals surface area (Å²) in [6.45, 7) is 3.44. The lowest BCUT2D eigenvalue weighted by Gasteiger charge is -2.38. The van der Waals surface area contributed by atoms with Crippen molar-refractivity contribution in [3.63, 3.8) is 0 Å². The van der Waals surface area contributed by atoms with Crippen molar-refractivity contribution in [2.45, 2.75) is 57.5 Å². The fourth-order valence-corrected chi connectivity index (χ4v) is 3.68. The van der Waals surface area contributed by atoms with E-state index in [1.165, 1.54) is 0 Å². The zero-order valence-electron chi connectivity index (χ0n) is 11.6. The average molecular weight is 268 g/mol. The number of hydrogen-bond acceptors (Lipinski definition) is 3. The summed E-state index contributed by atoms with van der Waals surface area (Å²) in [6, 6.07) is 0.995. The molecule has 0 radical (unpaired) electrons. The molecule has 2 heterocycles. The van der Waals surface area contributed by atoms with Crippen molar-refractivity contribution in [1.82, 2.24) is 10.2 Å². The highest BCUT2D eigenvalue weighted by atomic mass is 16.4. The number of hydrogen-bond donors (Lipinski definition) is 2. The van der Waals surface area contributed by atoms with Gasteiger partial charge in [0.2, 0.25) is 5.91 Å². The van der Waals surface area contributed by atoms with Crippen molar-refractivity contribution >= 4 is 11.9 Å². The minimum Gasteiger partial charge on any atom is -0.481 e. The van der Waals surface area contributed by atoms with Crippen LogP contribution in [0.4, 0.5) is 0 Å². The number of carboxylic acid groups (broad SMARTS) is 1. The molecule has 0 aromatic heterocycles. The van der Waals surface area contributed by atoms with Crippen LogP contribution in [0.1, 0.15) is 45.4 Å². The number of piperidine rings is 1. The van der Waals surface area contributed by atoms with Gasteiger partial charge < -0.3 is 10.4 Å². The minimum absolute atomic E-state index is 0.120. The number of aliphatic carboxylic acids is 1. The van der Waals surface area contributed by atoms with Crippen molar-refractivity contribution in [2.75, 3.05) is 13.1 Å². The molecule has 0 aromatic carbocycles. The van der Waals surface area contributed by atoms with Gasteiger partial charge >= 0.3 is 5.97 Å². The number of nitrogens with zero attached hydrogens (tertiary/aromatic N) is 1. The maximum atomic E-state index is 11.5. The Hall–Kier alpha value is -1.10. The fourth-order valence-electron chi connectivity index (χ4n) is 3.68. The molecule has 1 amide bonds. The second-order valence-electron chi connectivity index (χ2n) is 5.76. The highest BCUT2D eigenvalue weighted by Gasteiger charge is 2.40. The summed E-state index contributed by atoms with van der Waals surface area (Å²) in [4.78, 5) is 24.8. The van der Waals surface area contributed by atoms with Gasteiger partial charge in [0.25, 0.3) is 0 Å². The summed E-state index contributed by atoms with van der Waals surface area (Å²) in [5, 5.41) is 11.7. The summed E-state index contributed by atoms with van der Waals surface area (Å²) in [7, 11) is 0. The number of fused-ring (bicyclic) bond motifs is 2. The van der Waals surface area contributed by atoms with E-state index in [1.807, 2.05) is 6.92 Å². The third-order valence-corrected chi connectivity index (χ3v) is 4.42. The maximum absolute atomic E-state index is 11.5. The molecule has 19 heavy (non-hydrogen) atoms. The van der Waals surface area contributed by atoms with Crippen molar-refractivity contribution < 1.29 is 14.7 Å². The van der Waals surface area contributed by atoms with E-state index in [-0.39, 0.29) is 5.91 Å². The SMILES string of the molecule is CCNC(=O)CCN1C2CCC1CC(CC(=O)O)C2. The van der Waals surface area contributed by atoms with Gasteiger partial charge in [-0.2, -0.15) is 0 Å². The van der Waals surface area contributed by atoms with Gasteiger partial charge in [-0.05, 0) is 38.5 Å². The predicted molar refractivity (Wildman–Crippen MR) is 71.8 cm³/mol. The van der Waals surface area contributed by atoms with Gasteiger partial charge in [-0.15, -0.1) is 0 Å². The van der Waals surface area contributed by atoms with E-state index in [0.29, 0.717) is 37.4 Å². The van der Waals surface area contributed by atoms with E-state index in [4.69, 9.17) is 5.11 Å². The van der Waals surface area contributed by atoms with Crippen LogP contribution in [0.25, 0.3) is 0 Å². The van der Waals surface area contributed by atoms with E-state index in [1.54, 1.807) is 0 Å². The van der Waals surface area contributed by atoms with E-state index < -0.39 is 5.97 Å². The lowest BCUT2D eigenvalue weighted by Crippen LogP contribution is -2.44. The summed E-state index contributed by atoms with van der Waals surface area (Å²) in [5.41, 5.74) is 0. The molecule has 0 spiro atoms. The number of rotatable bonds is 6. The van der Waals surface area contributed by atoms with Crippen molar-refractivity contribution in [1.29, 1.82) is 0 Å². The Labute approximate surface area is 114 Å². The van der Waals surface area contributed by atoms with Gasteiger partial charge in [0, 0.05) is 38.0 Å². The van der Waals surface area contributed by atoms with Gasteiger partial charge in [-0.3, -0.25) is 14.5 Å². The lowest BCUT2D eigenvalue weighted by molar-refractivity contribution is -0.138. The Balaban J connectivity index is 1.82. The number of amides is 1. The van der Waals surface area contributed by atoms with E-state index >= 15 is 0 Å². The Morgan fingerprint density at radius 2 is 1.89 bits per heavy atom. The van der Waals surface area contributed by atoms with Crippen LogP contribution in [-0.4, -0.2) is 47.1 Å². The highest BCUT2D eigenvalue weighted by Crippen LogP contribution is 2.39. The van der Waals surface area contributed by atoms with Crippen LogP contribution in [0.2, 0.25) is 0 Å². The zero-order valence-corrected chi connectivity index (χ0v) is 11.6. The van der Waals surface area contributed by atoms with Crippen LogP contribution in [0.3, 0.4) is 0 Å². The summed E-state index contributed by atoms with van der Waals surface area (Å²) < 4.78 is 0. The molecule has 2 aliphatic heterocycles. The Morgan fingerprint density at radius 3 is 2.42 bits per heavy atom. The number of carbonyl (C=O) groups is 2. The number of carbonyl (C=O) groups excluding carboxylic acids is 1. The molecule has 2 fully saturated rings. The average Bonchev–Trinajstić information content (AvgIpc) is 2.56. The zero-order chi connectivity index (χ0) is 13.8. The molecule has 5 nitrogen and oxygen atoms in total.